The molecule has 0 bridgehead atoms. The van der Waals surface area contributed by atoms with Crippen molar-refractivity contribution in [1.82, 2.24) is 0 Å². The minimum Gasteiger partial charge on any atom is -0.481 e. The summed E-state index contributed by atoms with van der Waals surface area (Å²) in [5.74, 6) is 0.308. The number of aliphatic carboxylic acids is 1. The Balaban J connectivity index is 1.75. The number of rotatable bonds is 11. The summed E-state index contributed by atoms with van der Waals surface area (Å²) >= 11 is 0. The molecule has 5 heteroatoms. The number of hydrogen-bond donors (Lipinski definition) is 1. The molecule has 0 fully saturated rings. The lowest BCUT2D eigenvalue weighted by atomic mass is 9.99. The number of amides is 1. The van der Waals surface area contributed by atoms with Gasteiger partial charge >= 0.3 is 5.97 Å². The van der Waals surface area contributed by atoms with Gasteiger partial charge in [0.05, 0.1) is 5.69 Å². The number of fused-ring (bicyclic) bond motifs is 1. The zero-order chi connectivity index (χ0) is 25.3. The van der Waals surface area contributed by atoms with Crippen LogP contribution >= 0.6 is 0 Å². The van der Waals surface area contributed by atoms with Crippen LogP contribution in [0.2, 0.25) is 0 Å². The van der Waals surface area contributed by atoms with Crippen LogP contribution in [0.5, 0.6) is 11.5 Å². The smallest absolute Gasteiger partial charge is 0.303 e. The van der Waals surface area contributed by atoms with Gasteiger partial charge in [-0.1, -0.05) is 74.0 Å². The Bertz CT molecular complexity index is 1330. The molecule has 0 aliphatic heterocycles. The molecule has 36 heavy (non-hydrogen) atoms. The molecule has 0 atom stereocenters. The second kappa shape index (κ2) is 12.0. The summed E-state index contributed by atoms with van der Waals surface area (Å²) in [5.41, 5.74) is 2.23. The highest BCUT2D eigenvalue weighted by Gasteiger charge is 2.23. The number of unbranched alkanes of at least 4 members (excludes halogenated alkanes) is 1. The van der Waals surface area contributed by atoms with E-state index in [1.165, 1.54) is 0 Å². The predicted molar refractivity (Wildman–Crippen MR) is 144 cm³/mol. The molecule has 1 amide bonds. The van der Waals surface area contributed by atoms with Gasteiger partial charge in [-0.05, 0) is 60.5 Å². The van der Waals surface area contributed by atoms with Crippen LogP contribution < -0.4 is 9.64 Å². The summed E-state index contributed by atoms with van der Waals surface area (Å²) in [6, 6.07) is 29.0. The number of aryl methyl sites for hydroxylation is 1. The van der Waals surface area contributed by atoms with Gasteiger partial charge in [0.1, 0.15) is 11.5 Å². The van der Waals surface area contributed by atoms with E-state index in [4.69, 9.17) is 9.84 Å². The molecule has 0 radical (unpaired) electrons. The first-order valence-corrected chi connectivity index (χ1v) is 12.4. The van der Waals surface area contributed by atoms with Crippen molar-refractivity contribution in [3.05, 3.63) is 102 Å². The van der Waals surface area contributed by atoms with Gasteiger partial charge in [0.25, 0.3) is 5.91 Å². The summed E-state index contributed by atoms with van der Waals surface area (Å²) in [6.45, 7) is 2.69. The summed E-state index contributed by atoms with van der Waals surface area (Å²) < 4.78 is 6.04. The Morgan fingerprint density at radius 2 is 1.58 bits per heavy atom. The average Bonchev–Trinajstić information content (AvgIpc) is 2.90. The molecule has 0 aromatic heterocycles. The lowest BCUT2D eigenvalue weighted by Gasteiger charge is -2.26. The van der Waals surface area contributed by atoms with E-state index in [0.29, 0.717) is 36.4 Å². The van der Waals surface area contributed by atoms with E-state index in [2.05, 4.69) is 6.92 Å². The first-order chi connectivity index (χ1) is 17.6. The van der Waals surface area contributed by atoms with Gasteiger partial charge in [0.2, 0.25) is 0 Å². The van der Waals surface area contributed by atoms with Gasteiger partial charge in [-0.3, -0.25) is 9.59 Å². The molecular weight excluding hydrogens is 450 g/mol. The molecule has 4 rings (SSSR count). The van der Waals surface area contributed by atoms with Crippen molar-refractivity contribution >= 4 is 28.3 Å². The van der Waals surface area contributed by atoms with Gasteiger partial charge < -0.3 is 14.7 Å². The van der Waals surface area contributed by atoms with Crippen LogP contribution in [0, 0.1) is 0 Å². The lowest BCUT2D eigenvalue weighted by Crippen LogP contribution is -2.33. The first-order valence-electron chi connectivity index (χ1n) is 12.4. The molecule has 0 aliphatic rings. The van der Waals surface area contributed by atoms with Crippen molar-refractivity contribution in [3.63, 3.8) is 0 Å². The van der Waals surface area contributed by atoms with E-state index in [1.54, 1.807) is 6.07 Å². The van der Waals surface area contributed by atoms with Crippen molar-refractivity contribution in [2.24, 2.45) is 0 Å². The number of hydrogen-bond acceptors (Lipinski definition) is 3. The monoisotopic (exact) mass is 481 g/mol. The molecule has 0 saturated carbocycles. The number of anilines is 1. The van der Waals surface area contributed by atoms with Crippen LogP contribution in [0.15, 0.2) is 91.0 Å². The summed E-state index contributed by atoms with van der Waals surface area (Å²) in [5, 5.41) is 11.2. The number of carbonyl (C=O) groups is 2. The lowest BCUT2D eigenvalue weighted by molar-refractivity contribution is -0.137. The number of para-hydroxylation sites is 1. The van der Waals surface area contributed by atoms with Crippen LogP contribution in [-0.2, 0) is 11.2 Å². The maximum atomic E-state index is 14.2. The van der Waals surface area contributed by atoms with E-state index >= 15 is 0 Å². The number of carbonyl (C=O) groups excluding carboxylic acids is 1. The number of carboxylic acid groups (broad SMARTS) is 1. The van der Waals surface area contributed by atoms with E-state index < -0.39 is 5.97 Å². The Morgan fingerprint density at radius 1 is 0.833 bits per heavy atom. The fourth-order valence-electron chi connectivity index (χ4n) is 4.33. The molecule has 1 N–H and O–H groups in total. The molecule has 0 spiro atoms. The predicted octanol–water partition coefficient (Wildman–Crippen LogP) is 7.49. The molecule has 4 aromatic carbocycles. The van der Waals surface area contributed by atoms with Crippen LogP contribution in [0.1, 0.15) is 48.5 Å². The number of ether oxygens (including phenoxy) is 1. The van der Waals surface area contributed by atoms with E-state index in [-0.39, 0.29) is 12.3 Å². The van der Waals surface area contributed by atoms with Crippen LogP contribution in [0.3, 0.4) is 0 Å². The Kier molecular flexibility index (Phi) is 8.35. The molecule has 0 aliphatic carbocycles. The minimum absolute atomic E-state index is 0.0543. The highest BCUT2D eigenvalue weighted by molar-refractivity contribution is 6.11. The summed E-state index contributed by atoms with van der Waals surface area (Å²) in [7, 11) is 0. The number of benzene rings is 4. The highest BCUT2D eigenvalue weighted by atomic mass is 16.5. The minimum atomic E-state index is -0.841. The second-order valence-electron chi connectivity index (χ2n) is 8.79. The fraction of sp³-hybridized carbons (Fsp3) is 0.226. The largest absolute Gasteiger partial charge is 0.481 e. The van der Waals surface area contributed by atoms with Crippen molar-refractivity contribution in [2.75, 3.05) is 11.4 Å². The third-order valence-electron chi connectivity index (χ3n) is 6.17. The maximum Gasteiger partial charge on any atom is 0.303 e. The first kappa shape index (κ1) is 25.0. The van der Waals surface area contributed by atoms with Crippen molar-refractivity contribution < 1.29 is 19.4 Å². The highest BCUT2D eigenvalue weighted by Crippen LogP contribution is 2.31. The molecule has 0 unspecified atom stereocenters. The van der Waals surface area contributed by atoms with Crippen molar-refractivity contribution in [3.8, 4) is 11.5 Å². The quantitative estimate of drug-likeness (QED) is 0.241. The number of nitrogens with zero attached hydrogens (tertiary/aromatic N) is 1. The Morgan fingerprint density at radius 3 is 2.36 bits per heavy atom. The van der Waals surface area contributed by atoms with Crippen molar-refractivity contribution in [2.45, 2.75) is 39.0 Å². The van der Waals surface area contributed by atoms with Crippen LogP contribution in [-0.4, -0.2) is 23.5 Å². The third kappa shape index (κ3) is 6.11. The Labute approximate surface area is 212 Å². The average molecular weight is 482 g/mol. The standard InChI is InChI=1S/C31H31NO4/c1-2-3-21-32(29-17-9-12-23-11-7-8-16-27(23)29)31(35)28-22-26(36-25-14-5-4-6-15-25)20-19-24(28)13-10-18-30(33)34/h4-9,11-12,14-17,19-20,22H,2-3,10,13,18,21H2,1H3,(H,33,34). The third-order valence-corrected chi connectivity index (χ3v) is 6.17. The summed E-state index contributed by atoms with van der Waals surface area (Å²) in [6.07, 6.45) is 2.83. The Hall–Kier alpha value is -4.12. The van der Waals surface area contributed by atoms with E-state index in [1.807, 2.05) is 89.8 Å². The maximum absolute atomic E-state index is 14.2. The fourth-order valence-corrected chi connectivity index (χ4v) is 4.33. The second-order valence-corrected chi connectivity index (χ2v) is 8.79. The van der Waals surface area contributed by atoms with Crippen LogP contribution in [0.4, 0.5) is 5.69 Å². The van der Waals surface area contributed by atoms with Gasteiger partial charge in [-0.2, -0.15) is 0 Å². The zero-order valence-corrected chi connectivity index (χ0v) is 20.5. The molecule has 5 nitrogen and oxygen atoms in total. The van der Waals surface area contributed by atoms with Gasteiger partial charge in [-0.15, -0.1) is 0 Å². The molecule has 0 saturated heterocycles. The van der Waals surface area contributed by atoms with E-state index in [9.17, 15) is 9.59 Å². The van der Waals surface area contributed by atoms with Gasteiger partial charge in [0, 0.05) is 23.9 Å². The van der Waals surface area contributed by atoms with Crippen molar-refractivity contribution in [1.29, 1.82) is 0 Å². The van der Waals surface area contributed by atoms with Crippen LogP contribution in [0.25, 0.3) is 10.8 Å². The normalized spacial score (nSPS) is 10.8. The summed E-state index contributed by atoms with van der Waals surface area (Å²) in [4.78, 5) is 27.1. The topological polar surface area (TPSA) is 66.8 Å². The van der Waals surface area contributed by atoms with Gasteiger partial charge in [0.15, 0.2) is 0 Å². The molecular formula is C31H31NO4. The van der Waals surface area contributed by atoms with Gasteiger partial charge in [-0.25, -0.2) is 0 Å². The molecule has 4 aromatic rings. The van der Waals surface area contributed by atoms with E-state index in [0.717, 1.165) is 34.9 Å². The molecule has 0 heterocycles. The zero-order valence-electron chi connectivity index (χ0n) is 20.5. The number of carboxylic acids is 1. The SMILES string of the molecule is CCCCN(C(=O)c1cc(Oc2ccccc2)ccc1CCCC(=O)O)c1cccc2ccccc12. The molecule has 184 valence electrons.